The second kappa shape index (κ2) is 10.4. The van der Waals surface area contributed by atoms with Crippen molar-refractivity contribution in [3.63, 3.8) is 0 Å². The van der Waals surface area contributed by atoms with Crippen molar-refractivity contribution in [3.8, 4) is 17.2 Å². The van der Waals surface area contributed by atoms with Gasteiger partial charge in [0.2, 0.25) is 5.91 Å². The van der Waals surface area contributed by atoms with E-state index in [9.17, 15) is 14.0 Å². The highest BCUT2D eigenvalue weighted by atomic mass is 32.2. The summed E-state index contributed by atoms with van der Waals surface area (Å²) in [4.78, 5) is 30.5. The number of para-hydroxylation sites is 1. The van der Waals surface area contributed by atoms with Crippen molar-refractivity contribution in [2.24, 2.45) is 0 Å². The molecule has 0 bridgehead atoms. The average molecular weight is 480 g/mol. The largest absolute Gasteiger partial charge is 0.493 e. The molecule has 7 nitrogen and oxygen atoms in total. The number of carbonyl (C=O) groups excluding carboxylic acids is 1. The molecule has 174 valence electrons. The third-order valence-electron chi connectivity index (χ3n) is 5.14. The zero-order valence-corrected chi connectivity index (χ0v) is 19.4. The van der Waals surface area contributed by atoms with Crippen molar-refractivity contribution in [3.05, 3.63) is 88.5 Å². The molecule has 0 aliphatic carbocycles. The van der Waals surface area contributed by atoms with E-state index >= 15 is 0 Å². The molecule has 0 aliphatic heterocycles. The second-order valence-electron chi connectivity index (χ2n) is 7.25. The molecule has 0 saturated heterocycles. The van der Waals surface area contributed by atoms with Gasteiger partial charge in [0.25, 0.3) is 5.56 Å². The van der Waals surface area contributed by atoms with Gasteiger partial charge in [0.1, 0.15) is 5.82 Å². The molecular weight excluding hydrogens is 457 g/mol. The molecule has 4 rings (SSSR count). The van der Waals surface area contributed by atoms with E-state index in [-0.39, 0.29) is 29.6 Å². The van der Waals surface area contributed by atoms with Gasteiger partial charge in [0.05, 0.1) is 36.6 Å². The fraction of sp³-hybridized carbons (Fsp3) is 0.160. The highest BCUT2D eigenvalue weighted by molar-refractivity contribution is 7.99. The molecule has 0 fully saturated rings. The molecule has 3 aromatic carbocycles. The summed E-state index contributed by atoms with van der Waals surface area (Å²) in [5, 5.41) is 3.50. The Morgan fingerprint density at radius 2 is 1.76 bits per heavy atom. The number of amides is 1. The number of ether oxygens (including phenoxy) is 2. The fourth-order valence-electron chi connectivity index (χ4n) is 3.42. The van der Waals surface area contributed by atoms with Crippen LogP contribution < -0.4 is 20.3 Å². The molecule has 0 saturated carbocycles. The summed E-state index contributed by atoms with van der Waals surface area (Å²) in [6.07, 6.45) is 0. The van der Waals surface area contributed by atoms with Gasteiger partial charge in [0.15, 0.2) is 16.7 Å². The van der Waals surface area contributed by atoms with Gasteiger partial charge in [-0.2, -0.15) is 0 Å². The minimum Gasteiger partial charge on any atom is -0.493 e. The number of aromatic nitrogens is 2. The third kappa shape index (κ3) is 4.89. The Bertz CT molecular complexity index is 1410. The van der Waals surface area contributed by atoms with Crippen molar-refractivity contribution in [2.75, 3.05) is 20.0 Å². The number of methoxy groups -OCH3 is 2. The van der Waals surface area contributed by atoms with Crippen LogP contribution in [-0.4, -0.2) is 35.4 Å². The van der Waals surface area contributed by atoms with Crippen LogP contribution in [0.15, 0.2) is 76.7 Å². The molecule has 0 radical (unpaired) electrons. The number of nitrogens with zero attached hydrogens (tertiary/aromatic N) is 2. The molecule has 0 atom stereocenters. The van der Waals surface area contributed by atoms with E-state index in [1.165, 1.54) is 24.9 Å². The van der Waals surface area contributed by atoms with Crippen molar-refractivity contribution < 1.29 is 18.7 Å². The van der Waals surface area contributed by atoms with Crippen LogP contribution in [0.4, 0.5) is 4.39 Å². The van der Waals surface area contributed by atoms with E-state index in [0.717, 1.165) is 11.8 Å². The van der Waals surface area contributed by atoms with E-state index in [1.54, 1.807) is 60.7 Å². The quantitative estimate of drug-likeness (QED) is 0.304. The highest BCUT2D eigenvalue weighted by Crippen LogP contribution is 2.30. The van der Waals surface area contributed by atoms with E-state index in [0.29, 0.717) is 38.8 Å². The summed E-state index contributed by atoms with van der Waals surface area (Å²) in [5.74, 6) is 0.281. The minimum atomic E-state index is -0.381. The molecule has 0 spiro atoms. The highest BCUT2D eigenvalue weighted by Gasteiger charge is 2.16. The Kier molecular flexibility index (Phi) is 7.12. The molecule has 1 amide bonds. The lowest BCUT2D eigenvalue weighted by Gasteiger charge is -2.15. The fourth-order valence-corrected chi connectivity index (χ4v) is 4.26. The first-order valence-corrected chi connectivity index (χ1v) is 11.4. The van der Waals surface area contributed by atoms with Gasteiger partial charge in [-0.25, -0.2) is 9.37 Å². The van der Waals surface area contributed by atoms with Crippen LogP contribution in [0.3, 0.4) is 0 Å². The van der Waals surface area contributed by atoms with Gasteiger partial charge >= 0.3 is 0 Å². The summed E-state index contributed by atoms with van der Waals surface area (Å²) in [6.45, 7) is 0.0691. The van der Waals surface area contributed by atoms with Crippen LogP contribution in [0.1, 0.15) is 5.56 Å². The molecule has 1 N–H and O–H groups in total. The molecule has 0 unspecified atom stereocenters. The van der Waals surface area contributed by atoms with Gasteiger partial charge in [-0.15, -0.1) is 0 Å². The van der Waals surface area contributed by atoms with Gasteiger partial charge in [0, 0.05) is 18.2 Å². The van der Waals surface area contributed by atoms with Crippen LogP contribution >= 0.6 is 11.8 Å². The molecule has 9 heteroatoms. The lowest BCUT2D eigenvalue weighted by molar-refractivity contribution is -0.118. The van der Waals surface area contributed by atoms with Crippen LogP contribution in [0.2, 0.25) is 0 Å². The van der Waals surface area contributed by atoms with Crippen LogP contribution in [-0.2, 0) is 11.3 Å². The average Bonchev–Trinajstić information content (AvgIpc) is 2.86. The summed E-state index contributed by atoms with van der Waals surface area (Å²) >= 11 is 1.12. The first-order valence-electron chi connectivity index (χ1n) is 10.4. The minimum absolute atomic E-state index is 0.00742. The first kappa shape index (κ1) is 23.3. The molecule has 4 aromatic rings. The predicted octanol–water partition coefficient (Wildman–Crippen LogP) is 3.95. The van der Waals surface area contributed by atoms with Crippen molar-refractivity contribution in [1.82, 2.24) is 14.9 Å². The summed E-state index contributed by atoms with van der Waals surface area (Å²) in [6, 6.07) is 18.4. The number of rotatable bonds is 8. The number of fused-ring (bicyclic) bond motifs is 1. The van der Waals surface area contributed by atoms with Gasteiger partial charge < -0.3 is 14.8 Å². The number of carbonyl (C=O) groups is 1. The van der Waals surface area contributed by atoms with E-state index in [1.807, 2.05) is 0 Å². The molecule has 1 heterocycles. The Labute approximate surface area is 199 Å². The number of benzene rings is 3. The smallest absolute Gasteiger partial charge is 0.266 e. The second-order valence-corrected chi connectivity index (χ2v) is 8.19. The maximum absolute atomic E-state index is 13.8. The normalized spacial score (nSPS) is 10.8. The summed E-state index contributed by atoms with van der Waals surface area (Å²) in [7, 11) is 3.04. The SMILES string of the molecule is COc1ccc(-n2c(SCC(=O)NCc3ccccc3F)nc3ccccc3c2=O)cc1OC. The van der Waals surface area contributed by atoms with Gasteiger partial charge in [-0.05, 0) is 30.3 Å². The summed E-state index contributed by atoms with van der Waals surface area (Å²) < 4.78 is 25.9. The molecule has 0 aliphatic rings. The Balaban J connectivity index is 1.64. The predicted molar refractivity (Wildman–Crippen MR) is 129 cm³/mol. The van der Waals surface area contributed by atoms with E-state index in [4.69, 9.17) is 9.47 Å². The number of halogens is 1. The topological polar surface area (TPSA) is 82.5 Å². The maximum atomic E-state index is 13.8. The lowest BCUT2D eigenvalue weighted by atomic mass is 10.2. The monoisotopic (exact) mass is 479 g/mol. The third-order valence-corrected chi connectivity index (χ3v) is 6.08. The van der Waals surface area contributed by atoms with Gasteiger partial charge in [-0.3, -0.25) is 14.2 Å². The van der Waals surface area contributed by atoms with Crippen molar-refractivity contribution in [2.45, 2.75) is 11.7 Å². The number of nitrogens with one attached hydrogen (secondary N) is 1. The van der Waals surface area contributed by atoms with Gasteiger partial charge in [-0.1, -0.05) is 42.1 Å². The number of hydrogen-bond acceptors (Lipinski definition) is 6. The van der Waals surface area contributed by atoms with Crippen molar-refractivity contribution >= 4 is 28.6 Å². The molecular formula is C25H22FN3O4S. The zero-order chi connectivity index (χ0) is 24.1. The zero-order valence-electron chi connectivity index (χ0n) is 18.6. The summed E-state index contributed by atoms with van der Waals surface area (Å²) in [5.41, 5.74) is 1.17. The van der Waals surface area contributed by atoms with E-state index in [2.05, 4.69) is 10.3 Å². The Morgan fingerprint density at radius 1 is 1.03 bits per heavy atom. The lowest BCUT2D eigenvalue weighted by Crippen LogP contribution is -2.26. The number of hydrogen-bond donors (Lipinski definition) is 1. The van der Waals surface area contributed by atoms with E-state index < -0.39 is 0 Å². The maximum Gasteiger partial charge on any atom is 0.266 e. The van der Waals surface area contributed by atoms with Crippen LogP contribution in [0.25, 0.3) is 16.6 Å². The first-order chi connectivity index (χ1) is 16.5. The Morgan fingerprint density at radius 3 is 2.53 bits per heavy atom. The van der Waals surface area contributed by atoms with Crippen LogP contribution in [0, 0.1) is 5.82 Å². The Hall–Kier alpha value is -3.85. The standard InChI is InChI=1S/C25H22FN3O4S/c1-32-21-12-11-17(13-22(21)33-2)29-24(31)18-8-4-6-10-20(18)28-25(29)34-15-23(30)27-14-16-7-3-5-9-19(16)26/h3-13H,14-15H2,1-2H3,(H,27,30). The number of thioether (sulfide) groups is 1. The molecule has 34 heavy (non-hydrogen) atoms. The van der Waals surface area contributed by atoms with Crippen molar-refractivity contribution in [1.29, 1.82) is 0 Å². The van der Waals surface area contributed by atoms with Crippen LogP contribution in [0.5, 0.6) is 11.5 Å². The molecule has 1 aromatic heterocycles.